The molecular weight excluding hydrogens is 508 g/mol. The molecule has 0 spiro atoms. The Hall–Kier alpha value is -2.05. The van der Waals surface area contributed by atoms with E-state index in [1.165, 1.54) is 14.1 Å². The van der Waals surface area contributed by atoms with Gasteiger partial charge in [-0.25, -0.2) is 0 Å². The van der Waals surface area contributed by atoms with Crippen LogP contribution in [-0.4, -0.2) is 77.8 Å². The lowest BCUT2D eigenvalue weighted by atomic mass is 9.83. The highest BCUT2D eigenvalue weighted by molar-refractivity contribution is 5.82. The van der Waals surface area contributed by atoms with Gasteiger partial charge in [-0.05, 0) is 78.1 Å². The first-order valence-electron chi connectivity index (χ1n) is 12.4. The third-order valence-corrected chi connectivity index (χ3v) is 6.65. The first-order valence-corrected chi connectivity index (χ1v) is 12.4. The van der Waals surface area contributed by atoms with Crippen LogP contribution in [0.4, 0.5) is 26.3 Å². The van der Waals surface area contributed by atoms with Crippen molar-refractivity contribution in [2.24, 2.45) is 11.7 Å². The monoisotopic (exact) mass is 547 g/mol. The number of halogens is 6. The number of hydrogen-bond acceptors (Lipinski definition) is 5. The summed E-state index contributed by atoms with van der Waals surface area (Å²) in [5.74, 6) is -3.73. The maximum absolute atomic E-state index is 12.4. The van der Waals surface area contributed by atoms with Gasteiger partial charge < -0.3 is 20.3 Å². The van der Waals surface area contributed by atoms with Crippen LogP contribution in [0.3, 0.4) is 0 Å². The highest BCUT2D eigenvalue weighted by Gasteiger charge is 2.44. The fraction of sp³-hybridized carbons (Fsp3) is 0.875. The highest BCUT2D eigenvalue weighted by Crippen LogP contribution is 2.32. The molecule has 2 saturated carbocycles. The van der Waals surface area contributed by atoms with Crippen molar-refractivity contribution in [3.8, 4) is 0 Å². The van der Waals surface area contributed by atoms with Crippen LogP contribution in [0.1, 0.15) is 78.6 Å². The number of nitrogens with two attached hydrogens (primary N) is 1. The lowest BCUT2D eigenvalue weighted by molar-refractivity contribution is -0.187. The molecule has 0 aromatic carbocycles. The lowest BCUT2D eigenvalue weighted by Gasteiger charge is -2.35. The Bertz CT molecular complexity index is 766. The van der Waals surface area contributed by atoms with Crippen molar-refractivity contribution >= 4 is 17.8 Å². The fourth-order valence-corrected chi connectivity index (χ4v) is 4.58. The molecule has 7 nitrogen and oxygen atoms in total. The Morgan fingerprint density at radius 3 is 1.41 bits per heavy atom. The molecule has 2 fully saturated rings. The van der Waals surface area contributed by atoms with Crippen molar-refractivity contribution in [2.45, 2.75) is 115 Å². The van der Waals surface area contributed by atoms with E-state index in [0.29, 0.717) is 51.4 Å². The Balaban J connectivity index is 0.000000397. The predicted molar refractivity (Wildman–Crippen MR) is 124 cm³/mol. The average molecular weight is 548 g/mol. The normalized spacial score (nSPS) is 24.9. The van der Waals surface area contributed by atoms with Crippen LogP contribution in [0, 0.1) is 5.92 Å². The number of carbonyl (C=O) groups is 3. The third kappa shape index (κ3) is 11.5. The summed E-state index contributed by atoms with van der Waals surface area (Å²) < 4.78 is 78.8. The van der Waals surface area contributed by atoms with Crippen molar-refractivity contribution in [3.63, 3.8) is 0 Å². The number of carbonyl (C=O) groups excluding carboxylic acids is 3. The van der Waals surface area contributed by atoms with Crippen molar-refractivity contribution in [2.75, 3.05) is 14.1 Å². The van der Waals surface area contributed by atoms with Crippen LogP contribution in [0.5, 0.6) is 0 Å². The van der Waals surface area contributed by atoms with Gasteiger partial charge in [-0.1, -0.05) is 0 Å². The second kappa shape index (κ2) is 13.1. The number of alkyl halides is 6. The largest absolute Gasteiger partial charge is 0.471 e. The van der Waals surface area contributed by atoms with Gasteiger partial charge in [-0.2, -0.15) is 26.3 Å². The molecule has 37 heavy (non-hydrogen) atoms. The summed E-state index contributed by atoms with van der Waals surface area (Å²) in [6, 6.07) is -0.668. The van der Waals surface area contributed by atoms with Crippen molar-refractivity contribution in [1.29, 1.82) is 0 Å². The van der Waals surface area contributed by atoms with Gasteiger partial charge in [0.15, 0.2) is 0 Å². The molecule has 0 saturated heterocycles. The Kier molecular flexibility index (Phi) is 11.7. The van der Waals surface area contributed by atoms with Crippen LogP contribution in [0.15, 0.2) is 0 Å². The predicted octanol–water partition coefficient (Wildman–Crippen LogP) is 4.57. The van der Waals surface area contributed by atoms with Crippen LogP contribution < -0.4 is 5.73 Å². The second-order valence-electron chi connectivity index (χ2n) is 10.9. The molecule has 2 amide bonds. The maximum atomic E-state index is 12.4. The smallest absolute Gasteiger partial charge is 0.460 e. The number of ether oxygens (including phenoxy) is 1. The zero-order chi connectivity index (χ0) is 28.8. The highest BCUT2D eigenvalue weighted by atomic mass is 19.4. The molecule has 2 N–H and O–H groups in total. The molecule has 2 aliphatic carbocycles. The standard InChI is InChI=1S/C15H24F3NO3.C9H15F3N2O/c1-14(2,3)22-12(20)9-10-5-7-11(8-6-10)19(4)13(21)15(16,17)18;1-14(8(15)9(10,11)12)7-4-2-6(13)3-5-7/h10-11H,5-9H2,1-4H3;6-7H,2-5,13H2,1H3. The van der Waals surface area contributed by atoms with E-state index in [4.69, 9.17) is 10.5 Å². The van der Waals surface area contributed by atoms with E-state index in [-0.39, 0.29) is 30.4 Å². The molecule has 0 bridgehead atoms. The molecule has 0 aromatic heterocycles. The summed E-state index contributed by atoms with van der Waals surface area (Å²) >= 11 is 0. The maximum Gasteiger partial charge on any atom is 0.471 e. The average Bonchev–Trinajstić information content (AvgIpc) is 2.76. The molecular formula is C24H39F6N3O4. The topological polar surface area (TPSA) is 92.9 Å². The number of rotatable bonds is 4. The van der Waals surface area contributed by atoms with E-state index in [2.05, 4.69) is 0 Å². The van der Waals surface area contributed by atoms with Crippen LogP contribution >= 0.6 is 0 Å². The number of esters is 1. The number of hydrogen-bond donors (Lipinski definition) is 1. The summed E-state index contributed by atoms with van der Waals surface area (Å²) in [5.41, 5.74) is 5.10. The van der Waals surface area contributed by atoms with Gasteiger partial charge in [-0.15, -0.1) is 0 Å². The van der Waals surface area contributed by atoms with E-state index < -0.39 is 35.8 Å². The summed E-state index contributed by atoms with van der Waals surface area (Å²) in [6.45, 7) is 5.37. The fourth-order valence-electron chi connectivity index (χ4n) is 4.58. The molecule has 0 unspecified atom stereocenters. The first-order chi connectivity index (χ1) is 16.7. The molecule has 216 valence electrons. The third-order valence-electron chi connectivity index (χ3n) is 6.65. The zero-order valence-corrected chi connectivity index (χ0v) is 22.0. The molecule has 13 heteroatoms. The molecule has 0 heterocycles. The van der Waals surface area contributed by atoms with E-state index in [9.17, 15) is 40.7 Å². The minimum absolute atomic E-state index is 0.0654. The van der Waals surface area contributed by atoms with Crippen LogP contribution in [-0.2, 0) is 19.1 Å². The van der Waals surface area contributed by atoms with Crippen molar-refractivity contribution in [3.05, 3.63) is 0 Å². The quantitative estimate of drug-likeness (QED) is 0.411. The minimum atomic E-state index is -4.83. The molecule has 0 radical (unpaired) electrons. The molecule has 0 atom stereocenters. The van der Waals surface area contributed by atoms with Gasteiger partial charge in [-0.3, -0.25) is 14.4 Å². The van der Waals surface area contributed by atoms with Gasteiger partial charge in [0, 0.05) is 38.6 Å². The van der Waals surface area contributed by atoms with Crippen molar-refractivity contribution < 1.29 is 45.5 Å². The first kappa shape index (κ1) is 33.0. The molecule has 0 aromatic rings. The summed E-state index contributed by atoms with van der Waals surface area (Å²) in [4.78, 5) is 35.4. The van der Waals surface area contributed by atoms with E-state index in [0.717, 1.165) is 9.80 Å². The summed E-state index contributed by atoms with van der Waals surface area (Å²) in [7, 11) is 2.39. The van der Waals surface area contributed by atoms with E-state index >= 15 is 0 Å². The number of nitrogens with zero attached hydrogens (tertiary/aromatic N) is 2. The Morgan fingerprint density at radius 1 is 0.730 bits per heavy atom. The molecule has 2 aliphatic rings. The van der Waals surface area contributed by atoms with Gasteiger partial charge in [0.25, 0.3) is 0 Å². The minimum Gasteiger partial charge on any atom is -0.460 e. The Morgan fingerprint density at radius 2 is 1.08 bits per heavy atom. The van der Waals surface area contributed by atoms with Crippen molar-refractivity contribution in [1.82, 2.24) is 9.80 Å². The summed E-state index contributed by atoms with van der Waals surface area (Å²) in [5, 5.41) is 0. The SMILES string of the molecule is CN(C(=O)C(F)(F)F)C1CCC(CC(=O)OC(C)(C)C)CC1.CN(C(=O)C(F)(F)F)C1CCC(N)CC1. The molecule has 0 aliphatic heterocycles. The van der Waals surface area contributed by atoms with Crippen LogP contribution in [0.25, 0.3) is 0 Å². The Labute approximate surface area is 214 Å². The zero-order valence-electron chi connectivity index (χ0n) is 22.0. The van der Waals surface area contributed by atoms with E-state index in [1.54, 1.807) is 20.8 Å². The lowest BCUT2D eigenvalue weighted by Crippen LogP contribution is -2.47. The molecule has 2 rings (SSSR count). The van der Waals surface area contributed by atoms with Gasteiger partial charge in [0.1, 0.15) is 5.60 Å². The summed E-state index contributed by atoms with van der Waals surface area (Å²) in [6.07, 6.45) is -4.65. The number of amides is 2. The van der Waals surface area contributed by atoms with Crippen LogP contribution in [0.2, 0.25) is 0 Å². The van der Waals surface area contributed by atoms with E-state index in [1.807, 2.05) is 0 Å². The second-order valence-corrected chi connectivity index (χ2v) is 10.9. The van der Waals surface area contributed by atoms with Gasteiger partial charge in [0.05, 0.1) is 0 Å². The van der Waals surface area contributed by atoms with Gasteiger partial charge in [0.2, 0.25) is 0 Å². The van der Waals surface area contributed by atoms with Gasteiger partial charge >= 0.3 is 30.1 Å².